The third-order valence-corrected chi connectivity index (χ3v) is 3.36. The Morgan fingerprint density at radius 1 is 1.38 bits per heavy atom. The Kier molecular flexibility index (Phi) is 3.54. The molecule has 5 heteroatoms. The fraction of sp³-hybridized carbons (Fsp3) is 0.0909. The molecule has 1 heterocycles. The second kappa shape index (κ2) is 5.10. The average Bonchev–Trinajstić information content (AvgIpc) is 2.76. The Morgan fingerprint density at radius 3 is 2.75 bits per heavy atom. The van der Waals surface area contributed by atoms with Gasteiger partial charge >= 0.3 is 0 Å². The van der Waals surface area contributed by atoms with E-state index in [1.165, 1.54) is 16.9 Å². The molecule has 1 aromatic heterocycles. The second-order valence-corrected chi connectivity index (χ2v) is 5.07. The lowest BCUT2D eigenvalue weighted by Gasteiger charge is -2.02. The predicted octanol–water partition coefficient (Wildman–Crippen LogP) is 3.39. The van der Waals surface area contributed by atoms with Crippen molar-refractivity contribution in [2.75, 3.05) is 5.32 Å². The van der Waals surface area contributed by atoms with Gasteiger partial charge in [0.05, 0.1) is 6.20 Å². The number of nitrogens with zero attached hydrogens (tertiary/aromatic N) is 2. The number of nitrogens with one attached hydrogen (secondary N) is 1. The van der Waals surface area contributed by atoms with Crippen LogP contribution in [0.4, 0.5) is 5.13 Å². The van der Waals surface area contributed by atoms with Gasteiger partial charge in [0.25, 0.3) is 0 Å². The number of thiazole rings is 1. The van der Waals surface area contributed by atoms with Gasteiger partial charge in [-0.05, 0) is 17.7 Å². The van der Waals surface area contributed by atoms with E-state index in [9.17, 15) is 0 Å². The van der Waals surface area contributed by atoms with E-state index >= 15 is 0 Å². The lowest BCUT2D eigenvalue weighted by Crippen LogP contribution is -1.98. The summed E-state index contributed by atoms with van der Waals surface area (Å²) in [5, 5.41) is 12.6. The molecule has 0 amide bonds. The van der Waals surface area contributed by atoms with Crippen molar-refractivity contribution in [3.63, 3.8) is 0 Å². The molecular formula is C11H8BrN3S. The van der Waals surface area contributed by atoms with Crippen LogP contribution in [0, 0.1) is 11.3 Å². The first-order chi connectivity index (χ1) is 7.78. The van der Waals surface area contributed by atoms with Gasteiger partial charge < -0.3 is 5.32 Å². The fourth-order valence-corrected chi connectivity index (χ4v) is 2.06. The first kappa shape index (κ1) is 11.1. The van der Waals surface area contributed by atoms with Crippen molar-refractivity contribution in [2.24, 2.45) is 0 Å². The number of hydrogen-bond acceptors (Lipinski definition) is 4. The molecule has 80 valence electrons. The summed E-state index contributed by atoms with van der Waals surface area (Å²) < 4.78 is 1.07. The molecule has 0 spiro atoms. The number of anilines is 1. The monoisotopic (exact) mass is 293 g/mol. The van der Waals surface area contributed by atoms with Crippen LogP contribution in [0.3, 0.4) is 0 Å². The van der Waals surface area contributed by atoms with Crippen molar-refractivity contribution >= 4 is 32.4 Å². The zero-order valence-corrected chi connectivity index (χ0v) is 10.7. The van der Waals surface area contributed by atoms with Crippen molar-refractivity contribution in [2.45, 2.75) is 6.54 Å². The third kappa shape index (κ3) is 2.81. The molecule has 0 aliphatic carbocycles. The van der Waals surface area contributed by atoms with Crippen LogP contribution in [-0.4, -0.2) is 4.98 Å². The summed E-state index contributed by atoms with van der Waals surface area (Å²) in [7, 11) is 0. The maximum Gasteiger partial charge on any atom is 0.184 e. The van der Waals surface area contributed by atoms with Crippen LogP contribution in [0.2, 0.25) is 0 Å². The predicted molar refractivity (Wildman–Crippen MR) is 68.3 cm³/mol. The molecular weight excluding hydrogens is 286 g/mol. The lowest BCUT2D eigenvalue weighted by atomic mass is 10.2. The number of nitriles is 1. The average molecular weight is 294 g/mol. The Morgan fingerprint density at radius 2 is 2.12 bits per heavy atom. The van der Waals surface area contributed by atoms with Gasteiger partial charge in [0.2, 0.25) is 0 Å². The van der Waals surface area contributed by atoms with Gasteiger partial charge in [-0.1, -0.05) is 39.4 Å². The maximum atomic E-state index is 8.65. The van der Waals surface area contributed by atoms with Crippen LogP contribution in [-0.2, 0) is 6.54 Å². The number of hydrogen-bond donors (Lipinski definition) is 1. The zero-order chi connectivity index (χ0) is 11.4. The standard InChI is InChI=1S/C11H8BrN3S/c12-9-3-1-8(2-4-9)6-14-11-15-7-10(5-13)16-11/h1-4,7H,6H2,(H,14,15). The van der Waals surface area contributed by atoms with Crippen molar-refractivity contribution in [3.05, 3.63) is 45.4 Å². The maximum absolute atomic E-state index is 8.65. The first-order valence-electron chi connectivity index (χ1n) is 4.62. The van der Waals surface area contributed by atoms with Crippen LogP contribution >= 0.6 is 27.3 Å². The largest absolute Gasteiger partial charge is 0.357 e. The normalized spacial score (nSPS) is 9.75. The highest BCUT2D eigenvalue weighted by molar-refractivity contribution is 9.10. The van der Waals surface area contributed by atoms with Gasteiger partial charge in [-0.25, -0.2) is 4.98 Å². The van der Waals surface area contributed by atoms with E-state index in [-0.39, 0.29) is 0 Å². The van der Waals surface area contributed by atoms with Crippen molar-refractivity contribution in [1.29, 1.82) is 5.26 Å². The van der Waals surface area contributed by atoms with Crippen LogP contribution in [0.15, 0.2) is 34.9 Å². The van der Waals surface area contributed by atoms with Gasteiger partial charge in [-0.2, -0.15) is 5.26 Å². The molecule has 16 heavy (non-hydrogen) atoms. The highest BCUT2D eigenvalue weighted by atomic mass is 79.9. The highest BCUT2D eigenvalue weighted by Gasteiger charge is 2.00. The van der Waals surface area contributed by atoms with Crippen molar-refractivity contribution in [3.8, 4) is 6.07 Å². The molecule has 0 aliphatic heterocycles. The molecule has 0 atom stereocenters. The summed E-state index contributed by atoms with van der Waals surface area (Å²) in [5.41, 5.74) is 1.18. The van der Waals surface area contributed by atoms with Gasteiger partial charge in [-0.15, -0.1) is 0 Å². The van der Waals surface area contributed by atoms with Gasteiger partial charge in [0.15, 0.2) is 5.13 Å². The van der Waals surface area contributed by atoms with Crippen LogP contribution in [0.1, 0.15) is 10.4 Å². The van der Waals surface area contributed by atoms with Crippen molar-refractivity contribution in [1.82, 2.24) is 4.98 Å². The Labute approximate surface area is 106 Å². The zero-order valence-electron chi connectivity index (χ0n) is 8.27. The molecule has 0 fully saturated rings. The summed E-state index contributed by atoms with van der Waals surface area (Å²) in [6.07, 6.45) is 1.58. The number of rotatable bonds is 3. The molecule has 0 unspecified atom stereocenters. The van der Waals surface area contributed by atoms with E-state index in [1.807, 2.05) is 24.3 Å². The van der Waals surface area contributed by atoms with Gasteiger partial charge in [0.1, 0.15) is 10.9 Å². The quantitative estimate of drug-likeness (QED) is 0.944. The summed E-state index contributed by atoms with van der Waals surface area (Å²) in [5.74, 6) is 0. The number of halogens is 1. The SMILES string of the molecule is N#Cc1cnc(NCc2ccc(Br)cc2)s1. The summed E-state index contributed by atoms with van der Waals surface area (Å²) >= 11 is 4.75. The molecule has 1 aromatic carbocycles. The Hall–Kier alpha value is -1.38. The second-order valence-electron chi connectivity index (χ2n) is 3.12. The minimum atomic E-state index is 0.623. The fourth-order valence-electron chi connectivity index (χ4n) is 1.19. The Balaban J connectivity index is 1.97. The summed E-state index contributed by atoms with van der Waals surface area (Å²) in [6, 6.07) is 10.1. The van der Waals surface area contributed by atoms with E-state index < -0.39 is 0 Å². The highest BCUT2D eigenvalue weighted by Crippen LogP contribution is 2.18. The van der Waals surface area contributed by atoms with Gasteiger partial charge in [-0.3, -0.25) is 0 Å². The molecule has 0 saturated carbocycles. The molecule has 0 radical (unpaired) electrons. The molecule has 3 nitrogen and oxygen atoms in total. The summed E-state index contributed by atoms with van der Waals surface area (Å²) in [4.78, 5) is 4.72. The van der Waals surface area contributed by atoms with E-state index in [1.54, 1.807) is 6.20 Å². The molecule has 0 saturated heterocycles. The number of aromatic nitrogens is 1. The third-order valence-electron chi connectivity index (χ3n) is 1.97. The smallest absolute Gasteiger partial charge is 0.184 e. The van der Waals surface area contributed by atoms with E-state index in [0.29, 0.717) is 11.4 Å². The lowest BCUT2D eigenvalue weighted by molar-refractivity contribution is 1.13. The van der Waals surface area contributed by atoms with E-state index in [0.717, 1.165) is 9.60 Å². The summed E-state index contributed by atoms with van der Waals surface area (Å²) in [6.45, 7) is 0.714. The Bertz CT molecular complexity index is 513. The van der Waals surface area contributed by atoms with E-state index in [2.05, 4.69) is 32.3 Å². The minimum Gasteiger partial charge on any atom is -0.357 e. The molecule has 1 N–H and O–H groups in total. The molecule has 2 rings (SSSR count). The molecule has 0 bridgehead atoms. The van der Waals surface area contributed by atoms with Crippen LogP contribution in [0.5, 0.6) is 0 Å². The first-order valence-corrected chi connectivity index (χ1v) is 6.23. The topological polar surface area (TPSA) is 48.7 Å². The molecule has 2 aromatic rings. The van der Waals surface area contributed by atoms with Gasteiger partial charge in [0, 0.05) is 11.0 Å². The van der Waals surface area contributed by atoms with Crippen LogP contribution in [0.25, 0.3) is 0 Å². The minimum absolute atomic E-state index is 0.623. The van der Waals surface area contributed by atoms with Crippen LogP contribution < -0.4 is 5.32 Å². The number of benzene rings is 1. The van der Waals surface area contributed by atoms with Crippen molar-refractivity contribution < 1.29 is 0 Å². The van der Waals surface area contributed by atoms with E-state index in [4.69, 9.17) is 5.26 Å². The molecule has 0 aliphatic rings.